The maximum absolute atomic E-state index is 11.8. The van der Waals surface area contributed by atoms with E-state index < -0.39 is 12.0 Å². The number of hydrogen-bond acceptors (Lipinski definition) is 6. The van der Waals surface area contributed by atoms with Gasteiger partial charge in [-0.2, -0.15) is 0 Å². The number of aliphatic carboxylic acids is 1. The van der Waals surface area contributed by atoms with Crippen LogP contribution in [0.2, 0.25) is 0 Å². The molecule has 0 amide bonds. The zero-order chi connectivity index (χ0) is 24.6. The van der Waals surface area contributed by atoms with Crippen LogP contribution in [0.15, 0.2) is 42.7 Å². The summed E-state index contributed by atoms with van der Waals surface area (Å²) in [6, 6.07) is 11.2. The van der Waals surface area contributed by atoms with Gasteiger partial charge in [0.1, 0.15) is 18.2 Å². The number of unbranched alkanes of at least 4 members (excludes halogenated alkanes) is 1. The lowest BCUT2D eigenvalue weighted by Crippen LogP contribution is -2.35. The number of anilines is 1. The van der Waals surface area contributed by atoms with Crippen LogP contribution in [-0.2, 0) is 22.4 Å². The second-order valence-electron chi connectivity index (χ2n) is 9.58. The highest BCUT2D eigenvalue weighted by Crippen LogP contribution is 2.34. The van der Waals surface area contributed by atoms with Crippen LogP contribution in [0, 0.1) is 12.8 Å². The molecule has 1 aromatic carbocycles. The van der Waals surface area contributed by atoms with Gasteiger partial charge in [0.05, 0.1) is 11.6 Å². The molecule has 1 unspecified atom stereocenters. The molecule has 0 radical (unpaired) electrons. The molecule has 0 bridgehead atoms. The first-order chi connectivity index (χ1) is 17.0. The summed E-state index contributed by atoms with van der Waals surface area (Å²) in [6.45, 7) is 4.74. The summed E-state index contributed by atoms with van der Waals surface area (Å²) in [5.41, 5.74) is 4.50. The number of aromatic nitrogens is 3. The van der Waals surface area contributed by atoms with E-state index >= 15 is 0 Å². The van der Waals surface area contributed by atoms with Gasteiger partial charge in [0.15, 0.2) is 0 Å². The molecule has 1 fully saturated rings. The molecule has 3 aromatic rings. The molecule has 2 heterocycles. The van der Waals surface area contributed by atoms with Gasteiger partial charge < -0.3 is 15.2 Å². The van der Waals surface area contributed by atoms with E-state index in [0.29, 0.717) is 24.8 Å². The minimum Gasteiger partial charge on any atom is -0.480 e. The van der Waals surface area contributed by atoms with E-state index in [4.69, 9.17) is 9.72 Å². The number of nitrogens with zero attached hydrogens (tertiary/aromatic N) is 3. The highest BCUT2D eigenvalue weighted by Gasteiger charge is 2.30. The standard InChI is InChI=1S/C28H36N4O3/c1-3-4-7-21-11-13-22(31-19(21)2)12-10-20-16-23(17-20)35-15-14-26(28(33)34)32-27-24-8-5-6-9-25(24)29-18-30-27/h5-6,8-9,11,13,18,20,23,26H,3-4,7,10,12,14-17H2,1-2H3,(H,33,34)(H,29,30,32)/t20-,23+,26?. The number of carboxylic acids is 1. The lowest BCUT2D eigenvalue weighted by molar-refractivity contribution is -0.138. The number of rotatable bonds is 13. The third kappa shape index (κ3) is 6.75. The van der Waals surface area contributed by atoms with Crippen LogP contribution in [0.5, 0.6) is 0 Å². The van der Waals surface area contributed by atoms with Crippen molar-refractivity contribution >= 4 is 22.7 Å². The molecule has 0 aliphatic heterocycles. The zero-order valence-electron chi connectivity index (χ0n) is 20.7. The van der Waals surface area contributed by atoms with E-state index in [0.717, 1.165) is 43.0 Å². The van der Waals surface area contributed by atoms with Gasteiger partial charge in [-0.05, 0) is 75.1 Å². The Morgan fingerprint density at radius 2 is 2.00 bits per heavy atom. The molecule has 186 valence electrons. The topological polar surface area (TPSA) is 97.2 Å². The molecule has 1 aliphatic carbocycles. The lowest BCUT2D eigenvalue weighted by Gasteiger charge is -2.35. The van der Waals surface area contributed by atoms with Gasteiger partial charge in [0.2, 0.25) is 0 Å². The Balaban J connectivity index is 1.18. The third-order valence-electron chi connectivity index (χ3n) is 6.97. The minimum absolute atomic E-state index is 0.223. The number of nitrogens with one attached hydrogen (secondary N) is 1. The maximum atomic E-state index is 11.8. The predicted octanol–water partition coefficient (Wildman–Crippen LogP) is 5.36. The first-order valence-electron chi connectivity index (χ1n) is 12.8. The van der Waals surface area contributed by atoms with E-state index in [2.05, 4.69) is 41.3 Å². The quantitative estimate of drug-likeness (QED) is 0.343. The Morgan fingerprint density at radius 1 is 1.17 bits per heavy atom. The summed E-state index contributed by atoms with van der Waals surface area (Å²) in [5.74, 6) is 0.280. The zero-order valence-corrected chi connectivity index (χ0v) is 20.7. The number of ether oxygens (including phenoxy) is 1. The van der Waals surface area contributed by atoms with Crippen molar-refractivity contribution in [3.63, 3.8) is 0 Å². The molecular formula is C28H36N4O3. The van der Waals surface area contributed by atoms with Gasteiger partial charge in [-0.1, -0.05) is 31.5 Å². The fraction of sp³-hybridized carbons (Fsp3) is 0.500. The van der Waals surface area contributed by atoms with E-state index in [-0.39, 0.29) is 6.10 Å². The van der Waals surface area contributed by atoms with Crippen molar-refractivity contribution in [2.45, 2.75) is 77.4 Å². The monoisotopic (exact) mass is 476 g/mol. The number of para-hydroxylation sites is 1. The minimum atomic E-state index is -0.911. The number of pyridine rings is 1. The Bertz CT molecular complexity index is 1120. The molecule has 2 aromatic heterocycles. The van der Waals surface area contributed by atoms with E-state index in [1.54, 1.807) is 0 Å². The van der Waals surface area contributed by atoms with Crippen molar-refractivity contribution in [2.75, 3.05) is 11.9 Å². The molecule has 7 nitrogen and oxygen atoms in total. The number of fused-ring (bicyclic) bond motifs is 1. The van der Waals surface area contributed by atoms with Gasteiger partial charge in [-0.3, -0.25) is 4.98 Å². The van der Waals surface area contributed by atoms with Gasteiger partial charge in [-0.25, -0.2) is 14.8 Å². The first kappa shape index (κ1) is 25.0. The Hall–Kier alpha value is -3.06. The summed E-state index contributed by atoms with van der Waals surface area (Å²) in [5, 5.41) is 13.5. The lowest BCUT2D eigenvalue weighted by atomic mass is 9.79. The van der Waals surface area contributed by atoms with Crippen molar-refractivity contribution in [3.8, 4) is 0 Å². The summed E-state index contributed by atoms with van der Waals surface area (Å²) in [7, 11) is 0. The smallest absolute Gasteiger partial charge is 0.326 e. The molecule has 1 atom stereocenters. The number of benzene rings is 1. The van der Waals surface area contributed by atoms with Gasteiger partial charge >= 0.3 is 5.97 Å². The van der Waals surface area contributed by atoms with Crippen LogP contribution in [0.4, 0.5) is 5.82 Å². The average Bonchev–Trinajstić information content (AvgIpc) is 2.83. The highest BCUT2D eigenvalue weighted by molar-refractivity contribution is 5.90. The van der Waals surface area contributed by atoms with Crippen molar-refractivity contribution in [1.29, 1.82) is 0 Å². The van der Waals surface area contributed by atoms with Crippen LogP contribution in [0.3, 0.4) is 0 Å². The predicted molar refractivity (Wildman–Crippen MR) is 138 cm³/mol. The molecule has 1 saturated carbocycles. The Kier molecular flexibility index (Phi) is 8.64. The van der Waals surface area contributed by atoms with Gasteiger partial charge in [-0.15, -0.1) is 0 Å². The van der Waals surface area contributed by atoms with Gasteiger partial charge in [0.25, 0.3) is 0 Å². The summed E-state index contributed by atoms with van der Waals surface area (Å²) in [6.07, 6.45) is 9.79. The fourth-order valence-electron chi connectivity index (χ4n) is 4.71. The van der Waals surface area contributed by atoms with Crippen molar-refractivity contribution in [1.82, 2.24) is 15.0 Å². The van der Waals surface area contributed by atoms with Crippen molar-refractivity contribution in [2.24, 2.45) is 5.92 Å². The van der Waals surface area contributed by atoms with Crippen LogP contribution in [-0.4, -0.2) is 44.8 Å². The average molecular weight is 477 g/mol. The van der Waals surface area contributed by atoms with Crippen LogP contribution >= 0.6 is 0 Å². The number of aryl methyl sites for hydroxylation is 3. The number of carboxylic acid groups (broad SMARTS) is 1. The SMILES string of the molecule is CCCCc1ccc(CC[C@H]2C[C@@H](OCCC(Nc3ncnc4ccccc34)C(=O)O)C2)nc1C. The molecular weight excluding hydrogens is 440 g/mol. The summed E-state index contributed by atoms with van der Waals surface area (Å²) >= 11 is 0. The van der Waals surface area contributed by atoms with Crippen LogP contribution < -0.4 is 5.32 Å². The van der Waals surface area contributed by atoms with Crippen molar-refractivity contribution in [3.05, 3.63) is 59.7 Å². The molecule has 4 rings (SSSR count). The molecule has 2 N–H and O–H groups in total. The maximum Gasteiger partial charge on any atom is 0.326 e. The van der Waals surface area contributed by atoms with E-state index in [1.807, 2.05) is 24.3 Å². The van der Waals surface area contributed by atoms with Gasteiger partial charge in [0, 0.05) is 29.8 Å². The molecule has 0 spiro atoms. The number of carbonyl (C=O) groups is 1. The van der Waals surface area contributed by atoms with E-state index in [9.17, 15) is 9.90 Å². The normalized spacial score (nSPS) is 18.2. The molecule has 0 saturated heterocycles. The molecule has 1 aliphatic rings. The Morgan fingerprint density at radius 3 is 2.77 bits per heavy atom. The van der Waals surface area contributed by atoms with Crippen molar-refractivity contribution < 1.29 is 14.6 Å². The first-order valence-corrected chi connectivity index (χ1v) is 12.8. The van der Waals surface area contributed by atoms with Crippen LogP contribution in [0.25, 0.3) is 10.9 Å². The fourth-order valence-corrected chi connectivity index (χ4v) is 4.71. The second kappa shape index (κ2) is 12.1. The third-order valence-corrected chi connectivity index (χ3v) is 6.97. The summed E-state index contributed by atoms with van der Waals surface area (Å²) < 4.78 is 5.99. The molecule has 7 heteroatoms. The number of hydrogen-bond donors (Lipinski definition) is 2. The van der Waals surface area contributed by atoms with Crippen LogP contribution in [0.1, 0.15) is 62.4 Å². The second-order valence-corrected chi connectivity index (χ2v) is 9.58. The highest BCUT2D eigenvalue weighted by atomic mass is 16.5. The molecule has 35 heavy (non-hydrogen) atoms. The Labute approximate surface area is 207 Å². The summed E-state index contributed by atoms with van der Waals surface area (Å²) in [4.78, 5) is 25.1. The van der Waals surface area contributed by atoms with E-state index in [1.165, 1.54) is 36.1 Å². The largest absolute Gasteiger partial charge is 0.480 e.